The smallest absolute Gasteiger partial charge is 0.310 e. The van der Waals surface area contributed by atoms with Crippen molar-refractivity contribution in [3.63, 3.8) is 0 Å². The van der Waals surface area contributed by atoms with Gasteiger partial charge in [-0.1, -0.05) is 42.5 Å². The second-order valence-electron chi connectivity index (χ2n) is 5.31. The Labute approximate surface area is 135 Å². The van der Waals surface area contributed by atoms with Gasteiger partial charge >= 0.3 is 11.9 Å². The SMILES string of the molecule is [C-]#[N+]C1C(=O)NC(c2ccccc2)=CC1c1ccc(OC)cc1. The van der Waals surface area contributed by atoms with Crippen molar-refractivity contribution in [2.75, 3.05) is 7.11 Å². The van der Waals surface area contributed by atoms with Gasteiger partial charge in [0.05, 0.1) is 13.0 Å². The number of nitrogens with one attached hydrogen (secondary N) is 1. The van der Waals surface area contributed by atoms with Crippen molar-refractivity contribution in [2.45, 2.75) is 12.0 Å². The number of amides is 1. The number of ether oxygens (including phenoxy) is 1. The van der Waals surface area contributed by atoms with Crippen LogP contribution in [0.2, 0.25) is 0 Å². The summed E-state index contributed by atoms with van der Waals surface area (Å²) in [4.78, 5) is 15.8. The number of carbonyl (C=O) groups is 1. The number of hydrogen-bond donors (Lipinski definition) is 1. The number of rotatable bonds is 3. The summed E-state index contributed by atoms with van der Waals surface area (Å²) in [5, 5.41) is 2.84. The van der Waals surface area contributed by atoms with Crippen molar-refractivity contribution in [3.05, 3.63) is 83.2 Å². The van der Waals surface area contributed by atoms with Crippen molar-refractivity contribution in [1.82, 2.24) is 5.32 Å². The fourth-order valence-electron chi connectivity index (χ4n) is 2.71. The molecule has 0 saturated carbocycles. The average Bonchev–Trinajstić information content (AvgIpc) is 2.62. The van der Waals surface area contributed by atoms with E-state index in [9.17, 15) is 4.79 Å². The van der Waals surface area contributed by atoms with Crippen LogP contribution in [0.3, 0.4) is 0 Å². The Morgan fingerprint density at radius 1 is 1.09 bits per heavy atom. The molecule has 0 bridgehead atoms. The van der Waals surface area contributed by atoms with Gasteiger partial charge in [0, 0.05) is 5.70 Å². The van der Waals surface area contributed by atoms with Crippen molar-refractivity contribution in [3.8, 4) is 5.75 Å². The number of nitrogens with zero attached hydrogens (tertiary/aromatic N) is 1. The number of hydrogen-bond acceptors (Lipinski definition) is 2. The molecule has 0 aliphatic carbocycles. The molecule has 2 unspecified atom stereocenters. The summed E-state index contributed by atoms with van der Waals surface area (Å²) in [7, 11) is 1.61. The normalized spacial score (nSPS) is 20.2. The average molecular weight is 304 g/mol. The van der Waals surface area contributed by atoms with Gasteiger partial charge in [0.2, 0.25) is 0 Å². The van der Waals surface area contributed by atoms with E-state index in [1.807, 2.05) is 60.7 Å². The Hall–Kier alpha value is -3.06. The molecule has 1 aliphatic heterocycles. The van der Waals surface area contributed by atoms with Crippen LogP contribution in [0.5, 0.6) is 5.75 Å². The molecule has 114 valence electrons. The largest absolute Gasteiger partial charge is 0.497 e. The lowest BCUT2D eigenvalue weighted by atomic mass is 9.87. The molecule has 2 aromatic rings. The third-order valence-electron chi connectivity index (χ3n) is 3.94. The highest BCUT2D eigenvalue weighted by Gasteiger charge is 2.38. The predicted octanol–water partition coefficient (Wildman–Crippen LogP) is 3.24. The molecule has 1 N–H and O–H groups in total. The van der Waals surface area contributed by atoms with Gasteiger partial charge in [-0.15, -0.1) is 0 Å². The van der Waals surface area contributed by atoms with Gasteiger partial charge in [-0.3, -0.25) is 4.79 Å². The van der Waals surface area contributed by atoms with Gasteiger partial charge < -0.3 is 14.9 Å². The summed E-state index contributed by atoms with van der Waals surface area (Å²) in [6.07, 6.45) is 1.96. The van der Waals surface area contributed by atoms with Crippen molar-refractivity contribution >= 4 is 11.6 Å². The standard InChI is InChI=1S/C19H16N2O2/c1-20-18-16(13-8-10-15(23-2)11-9-13)12-17(21-19(18)22)14-6-4-3-5-7-14/h3-12,16,18H,2H3,(H,21,22). The summed E-state index contributed by atoms with van der Waals surface area (Å²) < 4.78 is 5.17. The predicted molar refractivity (Wildman–Crippen MR) is 88.7 cm³/mol. The second kappa shape index (κ2) is 6.37. The van der Waals surface area contributed by atoms with Crippen LogP contribution in [0.15, 0.2) is 60.7 Å². The van der Waals surface area contributed by atoms with Crippen LogP contribution in [-0.2, 0) is 4.79 Å². The topological polar surface area (TPSA) is 42.7 Å². The molecule has 0 saturated heterocycles. The van der Waals surface area contributed by atoms with Crippen molar-refractivity contribution in [1.29, 1.82) is 0 Å². The maximum absolute atomic E-state index is 12.3. The Kier molecular flexibility index (Phi) is 4.11. The molecule has 3 rings (SSSR count). The van der Waals surface area contributed by atoms with Gasteiger partial charge in [0.15, 0.2) is 0 Å². The minimum absolute atomic E-state index is 0.262. The highest BCUT2D eigenvalue weighted by molar-refractivity contribution is 5.95. The van der Waals surface area contributed by atoms with Gasteiger partial charge in [-0.2, -0.15) is 0 Å². The van der Waals surface area contributed by atoms with Crippen LogP contribution in [-0.4, -0.2) is 19.1 Å². The van der Waals surface area contributed by atoms with Crippen LogP contribution in [0.25, 0.3) is 10.5 Å². The van der Waals surface area contributed by atoms with E-state index in [4.69, 9.17) is 11.3 Å². The Balaban J connectivity index is 2.03. The first-order valence-electron chi connectivity index (χ1n) is 7.31. The van der Waals surface area contributed by atoms with Crippen molar-refractivity contribution in [2.24, 2.45) is 0 Å². The summed E-state index contributed by atoms with van der Waals surface area (Å²) in [6.45, 7) is 7.37. The molecule has 0 radical (unpaired) electrons. The molecule has 1 aliphatic rings. The lowest BCUT2D eigenvalue weighted by Crippen LogP contribution is -2.39. The molecule has 4 nitrogen and oxygen atoms in total. The van der Waals surface area contributed by atoms with Gasteiger partial charge in [0.1, 0.15) is 5.75 Å². The molecule has 0 spiro atoms. The summed E-state index contributed by atoms with van der Waals surface area (Å²) >= 11 is 0. The first-order valence-corrected chi connectivity index (χ1v) is 7.31. The lowest BCUT2D eigenvalue weighted by molar-refractivity contribution is -0.120. The maximum Gasteiger partial charge on any atom is 0.310 e. The van der Waals surface area contributed by atoms with Crippen LogP contribution >= 0.6 is 0 Å². The van der Waals surface area contributed by atoms with Crippen LogP contribution < -0.4 is 10.1 Å². The van der Waals surface area contributed by atoms with E-state index in [0.717, 1.165) is 22.6 Å². The van der Waals surface area contributed by atoms with Crippen molar-refractivity contribution < 1.29 is 9.53 Å². The molecule has 0 aromatic heterocycles. The zero-order valence-corrected chi connectivity index (χ0v) is 12.7. The fourth-order valence-corrected chi connectivity index (χ4v) is 2.71. The molecule has 0 fully saturated rings. The molecule has 23 heavy (non-hydrogen) atoms. The zero-order valence-electron chi connectivity index (χ0n) is 12.7. The second-order valence-corrected chi connectivity index (χ2v) is 5.31. The third kappa shape index (κ3) is 2.95. The minimum atomic E-state index is -0.754. The van der Waals surface area contributed by atoms with Gasteiger partial charge in [0.25, 0.3) is 0 Å². The van der Waals surface area contributed by atoms with Gasteiger partial charge in [-0.05, 0) is 29.3 Å². The van der Waals surface area contributed by atoms with Crippen LogP contribution in [0.1, 0.15) is 17.0 Å². The molecule has 4 heteroatoms. The minimum Gasteiger partial charge on any atom is -0.497 e. The maximum atomic E-state index is 12.3. The fraction of sp³-hybridized carbons (Fsp3) is 0.158. The van der Waals surface area contributed by atoms with E-state index in [2.05, 4.69) is 10.2 Å². The number of carbonyl (C=O) groups excluding carboxylic acids is 1. The highest BCUT2D eigenvalue weighted by atomic mass is 16.5. The third-order valence-corrected chi connectivity index (χ3v) is 3.94. The first-order chi connectivity index (χ1) is 11.2. The van der Waals surface area contributed by atoms with Gasteiger partial charge in [-0.25, -0.2) is 6.57 Å². The van der Waals surface area contributed by atoms with Crippen LogP contribution in [0, 0.1) is 6.57 Å². The van der Waals surface area contributed by atoms with E-state index < -0.39 is 6.04 Å². The first kappa shape index (κ1) is 14.9. The van der Waals surface area contributed by atoms with E-state index in [-0.39, 0.29) is 11.8 Å². The zero-order chi connectivity index (χ0) is 16.2. The molecule has 1 heterocycles. The van der Waals surface area contributed by atoms with E-state index >= 15 is 0 Å². The van der Waals surface area contributed by atoms with E-state index in [0.29, 0.717) is 0 Å². The van der Waals surface area contributed by atoms with E-state index in [1.165, 1.54) is 0 Å². The Bertz CT molecular complexity index is 773. The number of benzene rings is 2. The van der Waals surface area contributed by atoms with E-state index in [1.54, 1.807) is 7.11 Å². The lowest BCUT2D eigenvalue weighted by Gasteiger charge is -2.23. The highest BCUT2D eigenvalue weighted by Crippen LogP contribution is 2.32. The quantitative estimate of drug-likeness (QED) is 0.885. The summed E-state index contributed by atoms with van der Waals surface area (Å²) in [6, 6.07) is 16.4. The van der Waals surface area contributed by atoms with Crippen LogP contribution in [0.4, 0.5) is 0 Å². The number of methoxy groups -OCH3 is 1. The molecule has 2 aromatic carbocycles. The molecular formula is C19H16N2O2. The molecule has 1 amide bonds. The summed E-state index contributed by atoms with van der Waals surface area (Å²) in [5.41, 5.74) is 2.61. The molecule has 2 atom stereocenters. The Morgan fingerprint density at radius 3 is 2.39 bits per heavy atom. The monoisotopic (exact) mass is 304 g/mol. The Morgan fingerprint density at radius 2 is 1.78 bits per heavy atom. The molecular weight excluding hydrogens is 288 g/mol. The summed E-state index contributed by atoms with van der Waals surface area (Å²) in [5.74, 6) is 0.213.